The molecule has 20 heavy (non-hydrogen) atoms. The van der Waals surface area contributed by atoms with Crippen LogP contribution in [0.25, 0.3) is 0 Å². The zero-order valence-electron chi connectivity index (χ0n) is 11.8. The van der Waals surface area contributed by atoms with E-state index < -0.39 is 0 Å². The van der Waals surface area contributed by atoms with Crippen molar-refractivity contribution in [1.82, 2.24) is 10.4 Å². The fourth-order valence-corrected chi connectivity index (χ4v) is 2.55. The van der Waals surface area contributed by atoms with E-state index in [1.165, 1.54) is 5.56 Å². The summed E-state index contributed by atoms with van der Waals surface area (Å²) in [7, 11) is 0. The number of hydrazine groups is 1. The van der Waals surface area contributed by atoms with Gasteiger partial charge >= 0.3 is 0 Å². The SMILES string of the molecule is CC(C)Cc1cccc(C(NN)c2ncccc2Cl)c1. The second kappa shape index (κ2) is 6.84. The highest BCUT2D eigenvalue weighted by molar-refractivity contribution is 6.31. The molecule has 1 aromatic heterocycles. The number of halogens is 1. The molecule has 0 aliphatic carbocycles. The van der Waals surface area contributed by atoms with Crippen molar-refractivity contribution in [3.8, 4) is 0 Å². The van der Waals surface area contributed by atoms with E-state index in [0.29, 0.717) is 10.9 Å². The second-order valence-corrected chi connectivity index (χ2v) is 5.72. The van der Waals surface area contributed by atoms with E-state index in [1.54, 1.807) is 6.20 Å². The lowest BCUT2D eigenvalue weighted by molar-refractivity contribution is 0.615. The van der Waals surface area contributed by atoms with Crippen molar-refractivity contribution in [3.63, 3.8) is 0 Å². The molecule has 0 aliphatic rings. The third-order valence-electron chi connectivity index (χ3n) is 3.16. The molecule has 0 bridgehead atoms. The summed E-state index contributed by atoms with van der Waals surface area (Å²) in [4.78, 5) is 4.34. The van der Waals surface area contributed by atoms with Crippen LogP contribution in [0.1, 0.15) is 36.7 Å². The molecule has 0 amide bonds. The molecule has 0 fully saturated rings. The summed E-state index contributed by atoms with van der Waals surface area (Å²) in [6.07, 6.45) is 2.77. The largest absolute Gasteiger partial charge is 0.271 e. The second-order valence-electron chi connectivity index (χ2n) is 5.31. The number of benzene rings is 1. The number of hydrogen-bond acceptors (Lipinski definition) is 3. The Kier molecular flexibility index (Phi) is 5.12. The van der Waals surface area contributed by atoms with Crippen LogP contribution in [0, 0.1) is 5.92 Å². The highest BCUT2D eigenvalue weighted by Crippen LogP contribution is 2.26. The molecule has 1 unspecified atom stereocenters. The minimum Gasteiger partial charge on any atom is -0.271 e. The minimum atomic E-state index is -0.198. The first-order valence-corrected chi connectivity index (χ1v) is 7.15. The molecule has 0 radical (unpaired) electrons. The van der Waals surface area contributed by atoms with Gasteiger partial charge < -0.3 is 0 Å². The molecule has 2 aromatic rings. The average molecular weight is 290 g/mol. The number of nitrogens with one attached hydrogen (secondary N) is 1. The highest BCUT2D eigenvalue weighted by atomic mass is 35.5. The van der Waals surface area contributed by atoms with Crippen molar-refractivity contribution in [3.05, 3.63) is 64.4 Å². The average Bonchev–Trinajstić information content (AvgIpc) is 2.41. The lowest BCUT2D eigenvalue weighted by Gasteiger charge is -2.18. The standard InChI is InChI=1S/C16H20ClN3/c1-11(2)9-12-5-3-6-13(10-12)15(20-18)16-14(17)7-4-8-19-16/h3-8,10-11,15,20H,9,18H2,1-2H3. The van der Waals surface area contributed by atoms with Crippen LogP contribution in [-0.4, -0.2) is 4.98 Å². The summed E-state index contributed by atoms with van der Waals surface area (Å²) in [6.45, 7) is 4.42. The number of hydrogen-bond donors (Lipinski definition) is 2. The van der Waals surface area contributed by atoms with Gasteiger partial charge in [0.1, 0.15) is 0 Å². The van der Waals surface area contributed by atoms with Crippen molar-refractivity contribution in [2.75, 3.05) is 0 Å². The maximum absolute atomic E-state index is 6.21. The van der Waals surface area contributed by atoms with Gasteiger partial charge in [0.15, 0.2) is 0 Å². The van der Waals surface area contributed by atoms with E-state index in [9.17, 15) is 0 Å². The molecule has 1 aromatic carbocycles. The Morgan fingerprint density at radius 1 is 1.25 bits per heavy atom. The molecule has 3 nitrogen and oxygen atoms in total. The molecule has 0 aliphatic heterocycles. The third-order valence-corrected chi connectivity index (χ3v) is 3.47. The van der Waals surface area contributed by atoms with Gasteiger partial charge in [-0.1, -0.05) is 49.7 Å². The monoisotopic (exact) mass is 289 g/mol. The molecule has 1 heterocycles. The third kappa shape index (κ3) is 3.57. The normalized spacial score (nSPS) is 12.7. The van der Waals surface area contributed by atoms with Crippen LogP contribution < -0.4 is 11.3 Å². The number of nitrogens with two attached hydrogens (primary N) is 1. The summed E-state index contributed by atoms with van der Waals surface area (Å²) in [5, 5.41) is 0.615. The van der Waals surface area contributed by atoms with Crippen LogP contribution in [0.5, 0.6) is 0 Å². The van der Waals surface area contributed by atoms with Gasteiger partial charge in [-0.05, 0) is 35.6 Å². The maximum atomic E-state index is 6.21. The summed E-state index contributed by atoms with van der Waals surface area (Å²) in [6, 6.07) is 11.8. The summed E-state index contributed by atoms with van der Waals surface area (Å²) in [5.41, 5.74) is 5.93. The van der Waals surface area contributed by atoms with Crippen molar-refractivity contribution in [2.24, 2.45) is 11.8 Å². The zero-order valence-corrected chi connectivity index (χ0v) is 12.6. The van der Waals surface area contributed by atoms with E-state index in [4.69, 9.17) is 17.4 Å². The fraction of sp³-hybridized carbons (Fsp3) is 0.312. The number of pyridine rings is 1. The maximum Gasteiger partial charge on any atom is 0.0896 e. The summed E-state index contributed by atoms with van der Waals surface area (Å²) in [5.74, 6) is 6.33. The molecular formula is C16H20ClN3. The van der Waals surface area contributed by atoms with Crippen LogP contribution in [0.2, 0.25) is 5.02 Å². The van der Waals surface area contributed by atoms with E-state index in [1.807, 2.05) is 24.3 Å². The van der Waals surface area contributed by atoms with Crippen LogP contribution in [0.4, 0.5) is 0 Å². The van der Waals surface area contributed by atoms with Gasteiger partial charge in [0.25, 0.3) is 0 Å². The summed E-state index contributed by atoms with van der Waals surface area (Å²) >= 11 is 6.21. The molecule has 3 N–H and O–H groups in total. The number of aromatic nitrogens is 1. The Balaban J connectivity index is 2.35. The Hall–Kier alpha value is -1.42. The van der Waals surface area contributed by atoms with Crippen LogP contribution in [0.15, 0.2) is 42.6 Å². The first-order valence-electron chi connectivity index (χ1n) is 6.77. The predicted molar refractivity (Wildman–Crippen MR) is 83.4 cm³/mol. The van der Waals surface area contributed by atoms with Crippen molar-refractivity contribution in [2.45, 2.75) is 26.3 Å². The fourth-order valence-electron chi connectivity index (χ4n) is 2.31. The quantitative estimate of drug-likeness (QED) is 0.654. The van der Waals surface area contributed by atoms with Gasteiger partial charge in [0.05, 0.1) is 16.8 Å². The smallest absolute Gasteiger partial charge is 0.0896 e. The van der Waals surface area contributed by atoms with Gasteiger partial charge in [-0.15, -0.1) is 0 Å². The Morgan fingerprint density at radius 3 is 2.70 bits per heavy atom. The number of rotatable bonds is 5. The van der Waals surface area contributed by atoms with Crippen LogP contribution >= 0.6 is 11.6 Å². The van der Waals surface area contributed by atoms with E-state index in [2.05, 4.69) is 36.4 Å². The highest BCUT2D eigenvalue weighted by Gasteiger charge is 2.17. The molecule has 0 spiro atoms. The predicted octanol–water partition coefficient (Wildman–Crippen LogP) is 3.49. The van der Waals surface area contributed by atoms with Crippen LogP contribution in [0.3, 0.4) is 0 Å². The van der Waals surface area contributed by atoms with Crippen LogP contribution in [-0.2, 0) is 6.42 Å². The number of nitrogens with zero attached hydrogens (tertiary/aromatic N) is 1. The van der Waals surface area contributed by atoms with Gasteiger partial charge in [0, 0.05) is 6.20 Å². The van der Waals surface area contributed by atoms with E-state index >= 15 is 0 Å². The molecule has 0 saturated carbocycles. The minimum absolute atomic E-state index is 0.198. The molecule has 1 atom stereocenters. The zero-order chi connectivity index (χ0) is 14.5. The molecule has 2 rings (SSSR count). The van der Waals surface area contributed by atoms with Crippen molar-refractivity contribution < 1.29 is 0 Å². The summed E-state index contributed by atoms with van der Waals surface area (Å²) < 4.78 is 0. The van der Waals surface area contributed by atoms with E-state index in [-0.39, 0.29) is 6.04 Å². The first kappa shape index (κ1) is 15.0. The molecule has 0 saturated heterocycles. The van der Waals surface area contributed by atoms with Crippen molar-refractivity contribution >= 4 is 11.6 Å². The lowest BCUT2D eigenvalue weighted by Crippen LogP contribution is -2.29. The Labute approximate surface area is 125 Å². The van der Waals surface area contributed by atoms with Gasteiger partial charge in [-0.2, -0.15) is 0 Å². The molecular weight excluding hydrogens is 270 g/mol. The lowest BCUT2D eigenvalue weighted by atomic mass is 9.97. The topological polar surface area (TPSA) is 50.9 Å². The Bertz CT molecular complexity index is 569. The molecule has 106 valence electrons. The first-order chi connectivity index (χ1) is 9.61. The van der Waals surface area contributed by atoms with Gasteiger partial charge in [-0.3, -0.25) is 10.8 Å². The van der Waals surface area contributed by atoms with Gasteiger partial charge in [-0.25, -0.2) is 5.43 Å². The van der Waals surface area contributed by atoms with Crippen molar-refractivity contribution in [1.29, 1.82) is 0 Å². The Morgan fingerprint density at radius 2 is 2.05 bits per heavy atom. The molecule has 4 heteroatoms. The van der Waals surface area contributed by atoms with Gasteiger partial charge in [0.2, 0.25) is 0 Å². The van der Waals surface area contributed by atoms with E-state index in [0.717, 1.165) is 17.7 Å².